The molecule has 0 saturated heterocycles. The van der Waals surface area contributed by atoms with Crippen LogP contribution in [-0.4, -0.2) is 40.0 Å². The quantitative estimate of drug-likeness (QED) is 0.669. The van der Waals surface area contributed by atoms with Crippen molar-refractivity contribution >= 4 is 17.8 Å². The van der Waals surface area contributed by atoms with Crippen LogP contribution in [0.1, 0.15) is 32.1 Å². The van der Waals surface area contributed by atoms with Crippen LogP contribution in [0.4, 0.5) is 8.78 Å². The summed E-state index contributed by atoms with van der Waals surface area (Å²) in [5, 5.41) is 19.4. The minimum absolute atomic E-state index is 0.00407. The lowest BCUT2D eigenvalue weighted by molar-refractivity contribution is -0.143. The maximum absolute atomic E-state index is 12.9. The van der Waals surface area contributed by atoms with E-state index in [0.717, 1.165) is 0 Å². The first-order valence-electron chi connectivity index (χ1n) is 5.84. The normalized spacial score (nSPS) is 22.7. The predicted molar refractivity (Wildman–Crippen MR) is 58.7 cm³/mol. The largest absolute Gasteiger partial charge is 0.481 e. The number of carbonyl (C=O) groups excluding carboxylic acids is 1. The van der Waals surface area contributed by atoms with Crippen LogP contribution >= 0.6 is 0 Å². The molecule has 1 fully saturated rings. The molecule has 19 heavy (non-hydrogen) atoms. The van der Waals surface area contributed by atoms with Crippen LogP contribution < -0.4 is 5.32 Å². The van der Waals surface area contributed by atoms with Crippen molar-refractivity contribution in [2.75, 3.05) is 0 Å². The number of alkyl halides is 2. The molecule has 3 N–H and O–H groups in total. The lowest BCUT2D eigenvalue weighted by Crippen LogP contribution is -2.43. The van der Waals surface area contributed by atoms with E-state index in [4.69, 9.17) is 10.2 Å². The number of aliphatic carboxylic acids is 2. The number of hydrogen-bond donors (Lipinski definition) is 3. The van der Waals surface area contributed by atoms with Gasteiger partial charge in [-0.1, -0.05) is 0 Å². The van der Waals surface area contributed by atoms with Crippen molar-refractivity contribution in [3.8, 4) is 0 Å². The van der Waals surface area contributed by atoms with E-state index in [9.17, 15) is 23.2 Å². The zero-order chi connectivity index (χ0) is 14.6. The SMILES string of the molecule is O=C(O)CCC(NC(=O)C1CCC(F)(F)C1)C(=O)O. The van der Waals surface area contributed by atoms with Crippen LogP contribution in [-0.2, 0) is 14.4 Å². The Labute approximate surface area is 107 Å². The molecule has 1 amide bonds. The van der Waals surface area contributed by atoms with Gasteiger partial charge in [0.2, 0.25) is 11.8 Å². The maximum Gasteiger partial charge on any atom is 0.326 e. The lowest BCUT2D eigenvalue weighted by atomic mass is 10.1. The van der Waals surface area contributed by atoms with Crippen molar-refractivity contribution in [2.45, 2.75) is 44.1 Å². The van der Waals surface area contributed by atoms with Gasteiger partial charge in [0.25, 0.3) is 0 Å². The molecule has 6 nitrogen and oxygen atoms in total. The minimum Gasteiger partial charge on any atom is -0.481 e. The molecule has 0 aromatic carbocycles. The molecule has 2 atom stereocenters. The third-order valence-electron chi connectivity index (χ3n) is 3.04. The van der Waals surface area contributed by atoms with Crippen molar-refractivity contribution < 1.29 is 33.4 Å². The summed E-state index contributed by atoms with van der Waals surface area (Å²) in [7, 11) is 0. The van der Waals surface area contributed by atoms with Crippen molar-refractivity contribution in [1.29, 1.82) is 0 Å². The van der Waals surface area contributed by atoms with Gasteiger partial charge in [-0.15, -0.1) is 0 Å². The Kier molecular flexibility index (Phi) is 4.79. The fourth-order valence-corrected chi connectivity index (χ4v) is 1.99. The number of halogens is 2. The molecule has 0 spiro atoms. The molecule has 0 heterocycles. The van der Waals surface area contributed by atoms with E-state index in [1.165, 1.54) is 0 Å². The Morgan fingerprint density at radius 1 is 1.32 bits per heavy atom. The molecule has 0 aromatic heterocycles. The highest BCUT2D eigenvalue weighted by atomic mass is 19.3. The maximum atomic E-state index is 12.9. The number of nitrogens with one attached hydrogen (secondary N) is 1. The summed E-state index contributed by atoms with van der Waals surface area (Å²) in [6.07, 6.45) is -1.68. The molecular formula is C11H15F2NO5. The molecule has 0 aromatic rings. The summed E-state index contributed by atoms with van der Waals surface area (Å²) in [4.78, 5) is 32.8. The van der Waals surface area contributed by atoms with E-state index in [1.54, 1.807) is 0 Å². The molecule has 1 saturated carbocycles. The van der Waals surface area contributed by atoms with Gasteiger partial charge in [-0.2, -0.15) is 0 Å². The summed E-state index contributed by atoms with van der Waals surface area (Å²) < 4.78 is 25.9. The Bertz CT molecular complexity index is 385. The minimum atomic E-state index is -2.89. The van der Waals surface area contributed by atoms with E-state index in [2.05, 4.69) is 5.32 Å². The Hall–Kier alpha value is -1.73. The molecule has 0 aliphatic heterocycles. The van der Waals surface area contributed by atoms with E-state index in [1.807, 2.05) is 0 Å². The Morgan fingerprint density at radius 3 is 2.37 bits per heavy atom. The van der Waals surface area contributed by atoms with Crippen LogP contribution in [0.15, 0.2) is 0 Å². The van der Waals surface area contributed by atoms with Crippen LogP contribution in [0.25, 0.3) is 0 Å². The van der Waals surface area contributed by atoms with Gasteiger partial charge in [0.05, 0.1) is 0 Å². The van der Waals surface area contributed by atoms with E-state index < -0.39 is 55.0 Å². The molecule has 2 unspecified atom stereocenters. The predicted octanol–water partition coefficient (Wildman–Crippen LogP) is 0.856. The highest BCUT2D eigenvalue weighted by Gasteiger charge is 2.43. The molecule has 0 bridgehead atoms. The van der Waals surface area contributed by atoms with E-state index in [0.29, 0.717) is 0 Å². The van der Waals surface area contributed by atoms with Gasteiger partial charge in [-0.3, -0.25) is 9.59 Å². The highest BCUT2D eigenvalue weighted by molar-refractivity contribution is 5.85. The van der Waals surface area contributed by atoms with Crippen LogP contribution in [0.5, 0.6) is 0 Å². The number of hydrogen-bond acceptors (Lipinski definition) is 3. The second-order valence-corrected chi connectivity index (χ2v) is 4.63. The summed E-state index contributed by atoms with van der Waals surface area (Å²) in [6, 6.07) is -1.36. The summed E-state index contributed by atoms with van der Waals surface area (Å²) >= 11 is 0. The fraction of sp³-hybridized carbons (Fsp3) is 0.727. The number of carboxylic acid groups (broad SMARTS) is 2. The van der Waals surface area contributed by atoms with Gasteiger partial charge in [0.1, 0.15) is 6.04 Å². The van der Waals surface area contributed by atoms with Crippen LogP contribution in [0.3, 0.4) is 0 Å². The zero-order valence-electron chi connectivity index (χ0n) is 10.1. The van der Waals surface area contributed by atoms with Crippen molar-refractivity contribution in [3.05, 3.63) is 0 Å². The van der Waals surface area contributed by atoms with Crippen molar-refractivity contribution in [2.24, 2.45) is 5.92 Å². The molecule has 108 valence electrons. The second-order valence-electron chi connectivity index (χ2n) is 4.63. The smallest absolute Gasteiger partial charge is 0.326 e. The third kappa shape index (κ3) is 4.80. The summed E-state index contributed by atoms with van der Waals surface area (Å²) in [5.41, 5.74) is 0. The first-order valence-corrected chi connectivity index (χ1v) is 5.84. The van der Waals surface area contributed by atoms with Crippen LogP contribution in [0.2, 0.25) is 0 Å². The lowest BCUT2D eigenvalue weighted by Gasteiger charge is -2.16. The monoisotopic (exact) mass is 279 g/mol. The molecule has 1 aliphatic carbocycles. The van der Waals surface area contributed by atoms with Gasteiger partial charge in [0.15, 0.2) is 0 Å². The van der Waals surface area contributed by atoms with E-state index in [-0.39, 0.29) is 12.8 Å². The van der Waals surface area contributed by atoms with Gasteiger partial charge >= 0.3 is 11.9 Å². The number of amides is 1. The highest BCUT2D eigenvalue weighted by Crippen LogP contribution is 2.38. The van der Waals surface area contributed by atoms with Crippen molar-refractivity contribution in [1.82, 2.24) is 5.32 Å². The van der Waals surface area contributed by atoms with Crippen molar-refractivity contribution in [3.63, 3.8) is 0 Å². The fourth-order valence-electron chi connectivity index (χ4n) is 1.99. The standard InChI is InChI=1S/C11H15F2NO5/c12-11(13)4-3-6(5-11)9(17)14-7(10(18)19)1-2-8(15)16/h6-7H,1-5H2,(H,14,17)(H,15,16)(H,18,19). The number of carboxylic acids is 2. The van der Waals surface area contributed by atoms with Gasteiger partial charge in [-0.05, 0) is 12.8 Å². The average Bonchev–Trinajstić information content (AvgIpc) is 2.64. The zero-order valence-corrected chi connectivity index (χ0v) is 10.1. The number of carbonyl (C=O) groups is 3. The molecule has 8 heteroatoms. The van der Waals surface area contributed by atoms with Crippen LogP contribution in [0, 0.1) is 5.92 Å². The summed E-state index contributed by atoms with van der Waals surface area (Å²) in [5.74, 6) is -7.12. The molecule has 0 radical (unpaired) electrons. The summed E-state index contributed by atoms with van der Waals surface area (Å²) in [6.45, 7) is 0. The van der Waals surface area contributed by atoms with Gasteiger partial charge < -0.3 is 15.5 Å². The van der Waals surface area contributed by atoms with Gasteiger partial charge in [-0.25, -0.2) is 13.6 Å². The van der Waals surface area contributed by atoms with Gasteiger partial charge in [0, 0.05) is 25.2 Å². The Balaban J connectivity index is 2.52. The molecule has 1 aliphatic rings. The topological polar surface area (TPSA) is 104 Å². The van der Waals surface area contributed by atoms with E-state index >= 15 is 0 Å². The average molecular weight is 279 g/mol. The third-order valence-corrected chi connectivity index (χ3v) is 3.04. The Morgan fingerprint density at radius 2 is 1.95 bits per heavy atom. The molecular weight excluding hydrogens is 264 g/mol. The first kappa shape index (κ1) is 15.3. The first-order chi connectivity index (χ1) is 8.71. The number of rotatable bonds is 6. The molecule has 1 rings (SSSR count). The second kappa shape index (κ2) is 5.94.